The molecule has 0 saturated heterocycles. The number of para-hydroxylation sites is 2. The van der Waals surface area contributed by atoms with Gasteiger partial charge in [0, 0.05) is 0 Å². The van der Waals surface area contributed by atoms with Gasteiger partial charge in [-0.25, -0.2) is 0 Å². The van der Waals surface area contributed by atoms with Crippen molar-refractivity contribution in [3.05, 3.63) is 43.2 Å². The van der Waals surface area contributed by atoms with Crippen LogP contribution in [0.2, 0.25) is 0 Å². The summed E-state index contributed by atoms with van der Waals surface area (Å²) < 4.78 is 10.4. The van der Waals surface area contributed by atoms with E-state index in [9.17, 15) is 0 Å². The molecule has 11 heavy (non-hydrogen) atoms. The van der Waals surface area contributed by atoms with E-state index >= 15 is 0 Å². The van der Waals surface area contributed by atoms with Gasteiger partial charge in [0.2, 0.25) is 0 Å². The van der Waals surface area contributed by atoms with Gasteiger partial charge in [0.15, 0.2) is 18.1 Å². The summed E-state index contributed by atoms with van der Waals surface area (Å²) in [4.78, 5) is 0. The van der Waals surface area contributed by atoms with Crippen molar-refractivity contribution in [3.8, 4) is 11.5 Å². The quantitative estimate of drug-likeness (QED) is 0.559. The summed E-state index contributed by atoms with van der Waals surface area (Å²) in [5.41, 5.74) is 0. The predicted molar refractivity (Wildman–Crippen MR) is 41.1 cm³/mol. The van der Waals surface area contributed by atoms with E-state index in [1.165, 1.54) is 0 Å². The fourth-order valence-electron chi connectivity index (χ4n) is 0.902. The van der Waals surface area contributed by atoms with E-state index < -0.39 is 0 Å². The third kappa shape index (κ3) is 1.19. The Morgan fingerprint density at radius 2 is 1.64 bits per heavy atom. The zero-order valence-corrected chi connectivity index (χ0v) is 5.86. The van der Waals surface area contributed by atoms with Gasteiger partial charge in [0.05, 0.1) is 6.26 Å². The molecule has 1 radical (unpaired) electrons. The van der Waals surface area contributed by atoms with Crippen molar-refractivity contribution < 1.29 is 9.47 Å². The van der Waals surface area contributed by atoms with E-state index in [1.54, 1.807) is 18.9 Å². The van der Waals surface area contributed by atoms with E-state index in [0.29, 0.717) is 0 Å². The molecule has 1 aliphatic heterocycles. The van der Waals surface area contributed by atoms with Gasteiger partial charge in [0.1, 0.15) is 0 Å². The van der Waals surface area contributed by atoms with Crippen molar-refractivity contribution in [2.45, 2.75) is 0 Å². The number of hydrogen-bond acceptors (Lipinski definition) is 2. The summed E-state index contributed by atoms with van der Waals surface area (Å²) in [6.45, 7) is 1.59. The van der Waals surface area contributed by atoms with Gasteiger partial charge in [-0.3, -0.25) is 0 Å². The number of benzene rings is 1. The molecule has 1 aromatic carbocycles. The molecule has 0 aliphatic carbocycles. The van der Waals surface area contributed by atoms with Crippen molar-refractivity contribution in [2.24, 2.45) is 0 Å². The minimum atomic E-state index is 0.748. The molecule has 0 N–H and O–H groups in total. The maximum Gasteiger partial charge on any atom is 0.168 e. The lowest BCUT2D eigenvalue weighted by Gasteiger charge is -2.03. The molecule has 55 valence electrons. The van der Waals surface area contributed by atoms with Crippen LogP contribution in [-0.2, 0) is 0 Å². The molecule has 0 saturated carbocycles. The van der Waals surface area contributed by atoms with Crippen molar-refractivity contribution >= 4 is 0 Å². The highest BCUT2D eigenvalue weighted by Gasteiger charge is 2.04. The highest BCUT2D eigenvalue weighted by molar-refractivity contribution is 5.41. The Kier molecular flexibility index (Phi) is 1.52. The van der Waals surface area contributed by atoms with Gasteiger partial charge >= 0.3 is 0 Å². The van der Waals surface area contributed by atoms with Crippen LogP contribution in [0.15, 0.2) is 36.6 Å². The minimum absolute atomic E-state index is 0.748. The first kappa shape index (κ1) is 6.28. The Bertz CT molecular complexity index is 279. The maximum absolute atomic E-state index is 5.21. The normalized spacial score (nSPS) is 14.2. The number of rotatable bonds is 0. The fraction of sp³-hybridized carbons (Fsp3) is 0. The molecule has 0 amide bonds. The van der Waals surface area contributed by atoms with Crippen LogP contribution < -0.4 is 9.47 Å². The molecule has 0 bridgehead atoms. The molecular formula is C9H7O2. The molecule has 0 fully saturated rings. The third-order valence-corrected chi connectivity index (χ3v) is 1.40. The maximum atomic E-state index is 5.21. The lowest BCUT2D eigenvalue weighted by molar-refractivity contribution is 0.412. The molecule has 2 heteroatoms. The average Bonchev–Trinajstić information content (AvgIpc) is 2.28. The van der Waals surface area contributed by atoms with Crippen LogP contribution in [0.5, 0.6) is 11.5 Å². The Hall–Kier alpha value is -1.44. The van der Waals surface area contributed by atoms with E-state index in [0.717, 1.165) is 11.5 Å². The monoisotopic (exact) mass is 147 g/mol. The molecule has 0 spiro atoms. The van der Waals surface area contributed by atoms with E-state index in [4.69, 9.17) is 9.47 Å². The molecule has 0 atom stereocenters. The molecule has 1 heterocycles. The average molecular weight is 147 g/mol. The predicted octanol–water partition coefficient (Wildman–Crippen LogP) is 2.13. The Balaban J connectivity index is 2.40. The van der Waals surface area contributed by atoms with E-state index in [1.807, 2.05) is 24.3 Å². The summed E-state index contributed by atoms with van der Waals surface area (Å²) in [5.74, 6) is 1.50. The van der Waals surface area contributed by atoms with Gasteiger partial charge in [-0.15, -0.1) is 0 Å². The first-order valence-electron chi connectivity index (χ1n) is 3.37. The van der Waals surface area contributed by atoms with Crippen LogP contribution in [0.4, 0.5) is 0 Å². The van der Waals surface area contributed by atoms with Crippen molar-refractivity contribution in [1.29, 1.82) is 0 Å². The molecule has 1 aliphatic rings. The zero-order chi connectivity index (χ0) is 7.52. The van der Waals surface area contributed by atoms with Crippen LogP contribution in [-0.4, -0.2) is 0 Å². The molecule has 1 aromatic rings. The molecule has 2 rings (SSSR count). The SMILES string of the molecule is [CH]1C=COc2ccccc2O1. The topological polar surface area (TPSA) is 18.5 Å². The summed E-state index contributed by atoms with van der Waals surface area (Å²) >= 11 is 0. The van der Waals surface area contributed by atoms with Crippen LogP contribution in [0.25, 0.3) is 0 Å². The molecule has 0 unspecified atom stereocenters. The number of ether oxygens (including phenoxy) is 2. The lowest BCUT2D eigenvalue weighted by Crippen LogP contribution is -1.85. The van der Waals surface area contributed by atoms with Crippen LogP contribution in [0, 0.1) is 6.61 Å². The highest BCUT2D eigenvalue weighted by Crippen LogP contribution is 2.28. The molecule has 2 nitrogen and oxygen atoms in total. The van der Waals surface area contributed by atoms with Gasteiger partial charge in [-0.05, 0) is 18.2 Å². The van der Waals surface area contributed by atoms with Crippen LogP contribution >= 0.6 is 0 Å². The second-order valence-corrected chi connectivity index (χ2v) is 2.15. The molecule has 0 aromatic heterocycles. The van der Waals surface area contributed by atoms with Gasteiger partial charge in [0.25, 0.3) is 0 Å². The van der Waals surface area contributed by atoms with Crippen molar-refractivity contribution in [1.82, 2.24) is 0 Å². The highest BCUT2D eigenvalue weighted by atomic mass is 16.5. The van der Waals surface area contributed by atoms with Crippen LogP contribution in [0.1, 0.15) is 0 Å². The van der Waals surface area contributed by atoms with Gasteiger partial charge in [-0.2, -0.15) is 0 Å². The summed E-state index contributed by atoms with van der Waals surface area (Å²) in [6, 6.07) is 7.53. The second-order valence-electron chi connectivity index (χ2n) is 2.15. The zero-order valence-electron chi connectivity index (χ0n) is 5.86. The summed E-state index contributed by atoms with van der Waals surface area (Å²) in [5, 5.41) is 0. The first-order valence-corrected chi connectivity index (χ1v) is 3.37. The number of fused-ring (bicyclic) bond motifs is 1. The van der Waals surface area contributed by atoms with Gasteiger partial charge < -0.3 is 9.47 Å². The molecular weight excluding hydrogens is 140 g/mol. The summed E-state index contributed by atoms with van der Waals surface area (Å²) in [7, 11) is 0. The standard InChI is InChI=1S/C9H7O2/c1-2-5-9-8(4-1)10-6-3-7-11-9/h1-7H. The largest absolute Gasteiger partial charge is 0.478 e. The van der Waals surface area contributed by atoms with Gasteiger partial charge in [-0.1, -0.05) is 12.1 Å². The Morgan fingerprint density at radius 3 is 2.45 bits per heavy atom. The fourth-order valence-corrected chi connectivity index (χ4v) is 0.902. The Morgan fingerprint density at radius 1 is 0.909 bits per heavy atom. The van der Waals surface area contributed by atoms with E-state index in [2.05, 4.69) is 0 Å². The van der Waals surface area contributed by atoms with Crippen molar-refractivity contribution in [2.75, 3.05) is 0 Å². The van der Waals surface area contributed by atoms with Crippen LogP contribution in [0.3, 0.4) is 0 Å². The third-order valence-electron chi connectivity index (χ3n) is 1.40. The minimum Gasteiger partial charge on any atom is -0.478 e. The summed E-state index contributed by atoms with van der Waals surface area (Å²) in [6.07, 6.45) is 3.30. The second kappa shape index (κ2) is 2.66. The number of hydrogen-bond donors (Lipinski definition) is 0. The lowest BCUT2D eigenvalue weighted by atomic mass is 10.3. The van der Waals surface area contributed by atoms with Crippen molar-refractivity contribution in [3.63, 3.8) is 0 Å². The van der Waals surface area contributed by atoms with E-state index in [-0.39, 0.29) is 0 Å². The smallest absolute Gasteiger partial charge is 0.168 e. The Labute approximate surface area is 65.1 Å². The first-order chi connectivity index (χ1) is 5.47.